The zero-order valence-electron chi connectivity index (χ0n) is 20.5. The average Bonchev–Trinajstić information content (AvgIpc) is 2.86. The number of nitrogens with zero attached hydrogens (tertiary/aromatic N) is 1. The highest BCUT2D eigenvalue weighted by Gasteiger charge is 2.30. The Morgan fingerprint density at radius 1 is 0.972 bits per heavy atom. The molecule has 3 aromatic carbocycles. The van der Waals surface area contributed by atoms with E-state index in [-0.39, 0.29) is 25.0 Å². The summed E-state index contributed by atoms with van der Waals surface area (Å²) >= 11 is 15.9. The maximum Gasteiger partial charge on any atom is 0.261 e. The number of hydrogen-bond donors (Lipinski definition) is 1. The van der Waals surface area contributed by atoms with Crippen LogP contribution in [0.3, 0.4) is 0 Å². The van der Waals surface area contributed by atoms with Gasteiger partial charge in [-0.05, 0) is 67.3 Å². The molecule has 0 radical (unpaired) electrons. The van der Waals surface area contributed by atoms with Crippen LogP contribution in [0.1, 0.15) is 29.2 Å². The summed E-state index contributed by atoms with van der Waals surface area (Å²) in [5, 5.41) is 3.69. The molecule has 0 bridgehead atoms. The number of aryl methyl sites for hydroxylation is 2. The number of ether oxygens (including phenoxy) is 1. The van der Waals surface area contributed by atoms with Crippen molar-refractivity contribution in [2.45, 2.75) is 39.8 Å². The van der Waals surface area contributed by atoms with Gasteiger partial charge < -0.3 is 15.0 Å². The molecular weight excluding hydrogens is 563 g/mol. The van der Waals surface area contributed by atoms with Crippen LogP contribution in [-0.2, 0) is 22.6 Å². The summed E-state index contributed by atoms with van der Waals surface area (Å²) in [6.45, 7) is 6.19. The summed E-state index contributed by atoms with van der Waals surface area (Å²) in [7, 11) is 0. The van der Waals surface area contributed by atoms with E-state index in [0.29, 0.717) is 28.8 Å². The molecule has 0 spiro atoms. The second kappa shape index (κ2) is 13.1. The highest BCUT2D eigenvalue weighted by atomic mass is 79.9. The smallest absolute Gasteiger partial charge is 0.261 e. The minimum Gasteiger partial charge on any atom is -0.484 e. The Balaban J connectivity index is 1.92. The number of halogens is 3. The quantitative estimate of drug-likeness (QED) is 0.292. The minimum absolute atomic E-state index is 0.173. The lowest BCUT2D eigenvalue weighted by atomic mass is 10.0. The zero-order chi connectivity index (χ0) is 26.2. The molecule has 8 heteroatoms. The first-order chi connectivity index (χ1) is 17.2. The van der Waals surface area contributed by atoms with Crippen LogP contribution >= 0.6 is 39.1 Å². The lowest BCUT2D eigenvalue weighted by Crippen LogP contribution is -2.51. The van der Waals surface area contributed by atoms with Crippen molar-refractivity contribution < 1.29 is 14.3 Å². The molecule has 0 aromatic heterocycles. The first-order valence-electron chi connectivity index (χ1n) is 11.6. The van der Waals surface area contributed by atoms with Gasteiger partial charge in [-0.3, -0.25) is 9.59 Å². The largest absolute Gasteiger partial charge is 0.484 e. The Hall–Kier alpha value is -2.54. The van der Waals surface area contributed by atoms with Gasteiger partial charge >= 0.3 is 0 Å². The topological polar surface area (TPSA) is 58.6 Å². The summed E-state index contributed by atoms with van der Waals surface area (Å²) in [5.74, 6) is 0.0465. The molecule has 1 N–H and O–H groups in total. The van der Waals surface area contributed by atoms with Crippen LogP contribution < -0.4 is 10.1 Å². The summed E-state index contributed by atoms with van der Waals surface area (Å²) in [5.41, 5.74) is 3.72. The number of nitrogens with one attached hydrogen (secondary N) is 1. The molecule has 2 amide bonds. The van der Waals surface area contributed by atoms with Gasteiger partial charge in [-0.2, -0.15) is 0 Å². The van der Waals surface area contributed by atoms with Gasteiger partial charge in [0, 0.05) is 24.0 Å². The van der Waals surface area contributed by atoms with Gasteiger partial charge in [0.15, 0.2) is 6.61 Å². The van der Waals surface area contributed by atoms with Crippen molar-refractivity contribution in [2.24, 2.45) is 0 Å². The molecule has 3 rings (SSSR count). The van der Waals surface area contributed by atoms with Gasteiger partial charge in [-0.1, -0.05) is 75.5 Å². The predicted molar refractivity (Wildman–Crippen MR) is 149 cm³/mol. The van der Waals surface area contributed by atoms with Gasteiger partial charge in [0.25, 0.3) is 5.91 Å². The first-order valence-corrected chi connectivity index (χ1v) is 13.2. The number of benzene rings is 3. The maximum atomic E-state index is 13.6. The number of carbonyl (C=O) groups is 2. The fourth-order valence-corrected chi connectivity index (χ4v) is 4.45. The molecule has 190 valence electrons. The lowest BCUT2D eigenvalue weighted by molar-refractivity contribution is -0.142. The van der Waals surface area contributed by atoms with Crippen molar-refractivity contribution in [3.05, 3.63) is 97.4 Å². The van der Waals surface area contributed by atoms with Crippen molar-refractivity contribution in [1.82, 2.24) is 10.2 Å². The van der Waals surface area contributed by atoms with Gasteiger partial charge in [0.2, 0.25) is 5.91 Å². The van der Waals surface area contributed by atoms with Crippen LogP contribution in [0.5, 0.6) is 5.75 Å². The van der Waals surface area contributed by atoms with E-state index in [4.69, 9.17) is 27.9 Å². The third-order valence-electron chi connectivity index (χ3n) is 5.73. The van der Waals surface area contributed by atoms with Crippen LogP contribution in [0.25, 0.3) is 0 Å². The number of likely N-dealkylation sites (N-methyl/N-ethyl adjacent to an activating group) is 1. The molecule has 36 heavy (non-hydrogen) atoms. The van der Waals surface area contributed by atoms with E-state index in [2.05, 4.69) is 21.2 Å². The summed E-state index contributed by atoms with van der Waals surface area (Å²) in [6, 6.07) is 17.8. The second-order valence-corrected chi connectivity index (χ2v) is 10.1. The van der Waals surface area contributed by atoms with Gasteiger partial charge in [-0.15, -0.1) is 0 Å². The first kappa shape index (κ1) is 28.0. The third kappa shape index (κ3) is 7.48. The van der Waals surface area contributed by atoms with E-state index in [1.807, 2.05) is 63.2 Å². The summed E-state index contributed by atoms with van der Waals surface area (Å²) < 4.78 is 6.90. The molecule has 0 aliphatic rings. The molecule has 0 fully saturated rings. The minimum atomic E-state index is -0.744. The molecule has 0 aliphatic heterocycles. The van der Waals surface area contributed by atoms with Crippen molar-refractivity contribution in [3.63, 3.8) is 0 Å². The Morgan fingerprint density at radius 2 is 1.64 bits per heavy atom. The molecule has 3 aromatic rings. The summed E-state index contributed by atoms with van der Waals surface area (Å²) in [4.78, 5) is 28.4. The van der Waals surface area contributed by atoms with Crippen molar-refractivity contribution in [2.75, 3.05) is 13.2 Å². The maximum absolute atomic E-state index is 13.6. The van der Waals surface area contributed by atoms with E-state index in [0.717, 1.165) is 26.7 Å². The Labute approximate surface area is 230 Å². The number of carbonyl (C=O) groups excluding carboxylic acids is 2. The van der Waals surface area contributed by atoms with Crippen LogP contribution in [0.4, 0.5) is 0 Å². The van der Waals surface area contributed by atoms with Gasteiger partial charge in [0.1, 0.15) is 11.8 Å². The normalized spacial score (nSPS) is 11.6. The van der Waals surface area contributed by atoms with Crippen molar-refractivity contribution in [3.8, 4) is 5.75 Å². The summed E-state index contributed by atoms with van der Waals surface area (Å²) in [6.07, 6.45) is 0.357. The van der Waals surface area contributed by atoms with E-state index in [9.17, 15) is 9.59 Å². The molecular formula is C28H29BrCl2N2O3. The van der Waals surface area contributed by atoms with E-state index in [1.165, 1.54) is 0 Å². The molecule has 1 atom stereocenters. The number of rotatable bonds is 10. The Morgan fingerprint density at radius 3 is 2.25 bits per heavy atom. The molecule has 0 saturated carbocycles. The van der Waals surface area contributed by atoms with Crippen LogP contribution in [-0.4, -0.2) is 35.9 Å². The van der Waals surface area contributed by atoms with Gasteiger partial charge in [0.05, 0.1) is 10.0 Å². The van der Waals surface area contributed by atoms with E-state index < -0.39 is 6.04 Å². The average molecular weight is 592 g/mol. The van der Waals surface area contributed by atoms with Crippen LogP contribution in [0.15, 0.2) is 65.1 Å². The van der Waals surface area contributed by atoms with Crippen LogP contribution in [0.2, 0.25) is 10.0 Å². The molecule has 5 nitrogen and oxygen atoms in total. The fraction of sp³-hybridized carbons (Fsp3) is 0.286. The molecule has 1 unspecified atom stereocenters. The Bertz CT molecular complexity index is 1200. The fourth-order valence-electron chi connectivity index (χ4n) is 3.90. The molecule has 0 saturated heterocycles. The molecule has 0 aliphatic carbocycles. The highest BCUT2D eigenvalue weighted by Crippen LogP contribution is 2.27. The number of amides is 2. The lowest BCUT2D eigenvalue weighted by Gasteiger charge is -2.31. The van der Waals surface area contributed by atoms with Gasteiger partial charge in [-0.25, -0.2) is 0 Å². The third-order valence-corrected chi connectivity index (χ3v) is 7.72. The van der Waals surface area contributed by atoms with Crippen molar-refractivity contribution in [1.29, 1.82) is 0 Å². The SMILES string of the molecule is CCNC(=O)C(Cc1ccccc1)N(Cc1ccc(Cl)c(Cl)c1)C(=O)COc1cc(C)c(Br)c(C)c1. The predicted octanol–water partition coefficient (Wildman–Crippen LogP) is 6.53. The molecule has 0 heterocycles. The number of hydrogen-bond acceptors (Lipinski definition) is 3. The van der Waals surface area contributed by atoms with E-state index in [1.54, 1.807) is 23.1 Å². The highest BCUT2D eigenvalue weighted by molar-refractivity contribution is 9.10. The standard InChI is InChI=1S/C28H29BrCl2N2O3/c1-4-32-28(35)25(15-20-8-6-5-7-9-20)33(16-21-10-11-23(30)24(31)14-21)26(34)17-36-22-12-18(2)27(29)19(3)13-22/h5-14,25H,4,15-17H2,1-3H3,(H,32,35). The van der Waals surface area contributed by atoms with Crippen LogP contribution in [0, 0.1) is 13.8 Å². The zero-order valence-corrected chi connectivity index (χ0v) is 23.6. The van der Waals surface area contributed by atoms with Crippen molar-refractivity contribution >= 4 is 50.9 Å². The second-order valence-electron chi connectivity index (χ2n) is 8.53. The Kier molecular flexibility index (Phi) is 10.2. The monoisotopic (exact) mass is 590 g/mol. The van der Waals surface area contributed by atoms with E-state index >= 15 is 0 Å².